The molecular formula is C36H50O4. The van der Waals surface area contributed by atoms with Gasteiger partial charge in [0.05, 0.1) is 26.4 Å². The fraction of sp³-hybridized carbons (Fsp3) is 0.500. The number of aliphatic hydroxyl groups is 2. The molecular weight excluding hydrogens is 496 g/mol. The molecule has 2 atom stereocenters. The van der Waals surface area contributed by atoms with Crippen molar-refractivity contribution in [2.45, 2.75) is 92.3 Å². The van der Waals surface area contributed by atoms with Gasteiger partial charge in [-0.25, -0.2) is 0 Å². The first-order valence-corrected chi connectivity index (χ1v) is 15.4. The zero-order valence-corrected chi connectivity index (χ0v) is 25.1. The normalized spacial score (nSPS) is 12.8. The maximum Gasteiger partial charge on any atom is 0.130 e. The van der Waals surface area contributed by atoms with Gasteiger partial charge in [0.1, 0.15) is 11.5 Å². The van der Waals surface area contributed by atoms with Gasteiger partial charge in [-0.2, -0.15) is 0 Å². The van der Waals surface area contributed by atoms with Gasteiger partial charge in [0.2, 0.25) is 0 Å². The highest BCUT2D eigenvalue weighted by Crippen LogP contribution is 2.43. The lowest BCUT2D eigenvalue weighted by Gasteiger charge is -2.23. The maximum atomic E-state index is 10.2. The minimum Gasteiger partial charge on any atom is -0.493 e. The van der Waals surface area contributed by atoms with E-state index in [0.717, 1.165) is 64.1 Å². The van der Waals surface area contributed by atoms with Crippen molar-refractivity contribution >= 4 is 0 Å². The molecule has 3 aromatic carbocycles. The number of hydrogen-bond acceptors (Lipinski definition) is 4. The predicted molar refractivity (Wildman–Crippen MR) is 167 cm³/mol. The van der Waals surface area contributed by atoms with Crippen molar-refractivity contribution in [3.8, 4) is 33.8 Å². The Bertz CT molecular complexity index is 1140. The van der Waals surface area contributed by atoms with Crippen LogP contribution in [0.4, 0.5) is 0 Å². The molecule has 40 heavy (non-hydrogen) atoms. The fourth-order valence-corrected chi connectivity index (χ4v) is 5.18. The van der Waals surface area contributed by atoms with Crippen LogP contribution < -0.4 is 9.47 Å². The smallest absolute Gasteiger partial charge is 0.130 e. The summed E-state index contributed by atoms with van der Waals surface area (Å²) >= 11 is 0. The maximum absolute atomic E-state index is 10.2. The van der Waals surface area contributed by atoms with E-state index >= 15 is 0 Å². The quantitative estimate of drug-likeness (QED) is 0.167. The van der Waals surface area contributed by atoms with Crippen molar-refractivity contribution in [2.75, 3.05) is 13.2 Å². The lowest BCUT2D eigenvalue weighted by Crippen LogP contribution is -2.13. The molecule has 2 unspecified atom stereocenters. The molecule has 3 rings (SSSR count). The van der Waals surface area contributed by atoms with Gasteiger partial charge in [-0.15, -0.1) is 0 Å². The standard InChI is InChI=1S/C36H50O4/c1-5-9-14-27(7-3)25-39-35-22-36(40-26-28(8-4)15-10-6-2)34(21-33(35)30-16-12-11-13-17-30)32-20-29(23-37)18-19-31(32)24-38/h11-13,16-22,27-28,37-38H,5-10,14-15,23-26H2,1-4H3. The molecule has 0 amide bonds. The van der Waals surface area contributed by atoms with Crippen LogP contribution in [0.3, 0.4) is 0 Å². The van der Waals surface area contributed by atoms with Crippen LogP contribution in [0, 0.1) is 11.8 Å². The predicted octanol–water partition coefficient (Wildman–Crippen LogP) is 9.20. The van der Waals surface area contributed by atoms with Crippen molar-refractivity contribution in [2.24, 2.45) is 11.8 Å². The van der Waals surface area contributed by atoms with Crippen molar-refractivity contribution in [1.29, 1.82) is 0 Å². The van der Waals surface area contributed by atoms with Gasteiger partial charge in [0, 0.05) is 17.2 Å². The lowest BCUT2D eigenvalue weighted by molar-refractivity contribution is 0.224. The largest absolute Gasteiger partial charge is 0.493 e. The molecule has 4 nitrogen and oxygen atoms in total. The van der Waals surface area contributed by atoms with E-state index in [2.05, 4.69) is 52.0 Å². The average Bonchev–Trinajstić information content (AvgIpc) is 3.01. The van der Waals surface area contributed by atoms with Crippen molar-refractivity contribution in [1.82, 2.24) is 0 Å². The Morgan fingerprint density at radius 1 is 0.625 bits per heavy atom. The first-order valence-electron chi connectivity index (χ1n) is 15.4. The van der Waals surface area contributed by atoms with E-state index in [4.69, 9.17) is 9.47 Å². The molecule has 4 heteroatoms. The summed E-state index contributed by atoms with van der Waals surface area (Å²) in [4.78, 5) is 0. The second-order valence-electron chi connectivity index (χ2n) is 11.0. The molecule has 2 N–H and O–H groups in total. The highest BCUT2D eigenvalue weighted by molar-refractivity contribution is 5.83. The Labute approximate surface area is 242 Å². The Kier molecular flexibility index (Phi) is 13.5. The number of unbranched alkanes of at least 4 members (excludes halogenated alkanes) is 2. The molecule has 0 heterocycles. The van der Waals surface area contributed by atoms with Crippen molar-refractivity contribution in [3.63, 3.8) is 0 Å². The summed E-state index contributed by atoms with van der Waals surface area (Å²) in [6.45, 7) is 10.1. The van der Waals surface area contributed by atoms with E-state index in [1.165, 1.54) is 32.1 Å². The van der Waals surface area contributed by atoms with Crippen LogP contribution in [0.1, 0.15) is 90.2 Å². The van der Waals surface area contributed by atoms with Crippen LogP contribution in [-0.2, 0) is 13.2 Å². The first kappa shape index (κ1) is 31.7. The molecule has 0 aliphatic heterocycles. The van der Waals surface area contributed by atoms with Crippen molar-refractivity contribution in [3.05, 3.63) is 71.8 Å². The third-order valence-electron chi connectivity index (χ3n) is 8.02. The zero-order valence-electron chi connectivity index (χ0n) is 25.1. The van der Waals surface area contributed by atoms with Crippen LogP contribution in [0.2, 0.25) is 0 Å². The summed E-state index contributed by atoms with van der Waals surface area (Å²) in [5, 5.41) is 20.1. The summed E-state index contributed by atoms with van der Waals surface area (Å²) in [5.41, 5.74) is 5.47. The molecule has 0 saturated carbocycles. The van der Waals surface area contributed by atoms with Crippen LogP contribution in [0.5, 0.6) is 11.5 Å². The van der Waals surface area contributed by atoms with Crippen LogP contribution >= 0.6 is 0 Å². The molecule has 0 aliphatic rings. The van der Waals surface area contributed by atoms with Gasteiger partial charge < -0.3 is 19.7 Å². The third-order valence-corrected chi connectivity index (χ3v) is 8.02. The van der Waals surface area contributed by atoms with E-state index in [1.807, 2.05) is 36.4 Å². The summed E-state index contributed by atoms with van der Waals surface area (Å²) < 4.78 is 13.2. The third kappa shape index (κ3) is 8.84. The molecule has 0 fully saturated rings. The highest BCUT2D eigenvalue weighted by atomic mass is 16.5. The van der Waals surface area contributed by atoms with E-state index in [-0.39, 0.29) is 13.2 Å². The van der Waals surface area contributed by atoms with Gasteiger partial charge in [-0.3, -0.25) is 0 Å². The molecule has 0 aromatic heterocycles. The fourth-order valence-electron chi connectivity index (χ4n) is 5.18. The van der Waals surface area contributed by atoms with Crippen LogP contribution in [0.25, 0.3) is 22.3 Å². The lowest BCUT2D eigenvalue weighted by atomic mass is 9.93. The zero-order chi connectivity index (χ0) is 28.7. The molecule has 218 valence electrons. The second kappa shape index (κ2) is 17.1. The summed E-state index contributed by atoms with van der Waals surface area (Å²) in [5.74, 6) is 2.57. The van der Waals surface area contributed by atoms with E-state index < -0.39 is 0 Å². The van der Waals surface area contributed by atoms with Gasteiger partial charge in [-0.05, 0) is 59.1 Å². The van der Waals surface area contributed by atoms with E-state index in [1.54, 1.807) is 0 Å². The minimum absolute atomic E-state index is 0.0628. The molecule has 0 aliphatic carbocycles. The number of aliphatic hydroxyl groups excluding tert-OH is 2. The molecule has 0 saturated heterocycles. The molecule has 3 aromatic rings. The molecule has 0 spiro atoms. The summed E-state index contributed by atoms with van der Waals surface area (Å²) in [6.07, 6.45) is 9.24. The summed E-state index contributed by atoms with van der Waals surface area (Å²) in [6, 6.07) is 20.3. The molecule has 0 radical (unpaired) electrons. The Balaban J connectivity index is 2.13. The monoisotopic (exact) mass is 546 g/mol. The van der Waals surface area contributed by atoms with E-state index in [9.17, 15) is 10.2 Å². The van der Waals surface area contributed by atoms with Crippen molar-refractivity contribution < 1.29 is 19.7 Å². The average molecular weight is 547 g/mol. The molecule has 0 bridgehead atoms. The van der Waals surface area contributed by atoms with Crippen LogP contribution in [0.15, 0.2) is 60.7 Å². The number of ether oxygens (including phenoxy) is 2. The van der Waals surface area contributed by atoms with E-state index in [0.29, 0.717) is 25.0 Å². The first-order chi connectivity index (χ1) is 19.6. The Morgan fingerprint density at radius 2 is 1.23 bits per heavy atom. The van der Waals surface area contributed by atoms with Gasteiger partial charge in [-0.1, -0.05) is 109 Å². The Morgan fingerprint density at radius 3 is 1.75 bits per heavy atom. The van der Waals surface area contributed by atoms with Crippen LogP contribution in [-0.4, -0.2) is 23.4 Å². The number of rotatable bonds is 18. The summed E-state index contributed by atoms with van der Waals surface area (Å²) in [7, 11) is 0. The van der Waals surface area contributed by atoms with Gasteiger partial charge in [0.25, 0.3) is 0 Å². The SMILES string of the molecule is CCCCC(CC)COc1cc(OCC(CC)CCCC)c(-c2cc(CO)ccc2CO)cc1-c1ccccc1. The Hall–Kier alpha value is -2.82. The van der Waals surface area contributed by atoms with Gasteiger partial charge in [0.15, 0.2) is 0 Å². The second-order valence-corrected chi connectivity index (χ2v) is 11.0. The topological polar surface area (TPSA) is 58.9 Å². The number of benzene rings is 3. The highest BCUT2D eigenvalue weighted by Gasteiger charge is 2.20. The van der Waals surface area contributed by atoms with Gasteiger partial charge >= 0.3 is 0 Å². The number of hydrogen-bond donors (Lipinski definition) is 2. The minimum atomic E-state index is -0.0941.